The normalized spacial score (nSPS) is 15.9. The van der Waals surface area contributed by atoms with Gasteiger partial charge in [-0.25, -0.2) is 19.9 Å². The van der Waals surface area contributed by atoms with Crippen molar-refractivity contribution in [3.8, 4) is 28.7 Å². The lowest BCUT2D eigenvalue weighted by Crippen LogP contribution is -2.49. The van der Waals surface area contributed by atoms with Gasteiger partial charge in [-0.2, -0.15) is 0 Å². The van der Waals surface area contributed by atoms with E-state index >= 15 is 0 Å². The van der Waals surface area contributed by atoms with E-state index < -0.39 is 18.0 Å². The minimum atomic E-state index is -1.22. The molecule has 0 saturated heterocycles. The van der Waals surface area contributed by atoms with Gasteiger partial charge in [0, 0.05) is 57.7 Å². The van der Waals surface area contributed by atoms with Crippen molar-refractivity contribution in [2.75, 3.05) is 25.6 Å². The number of halogens is 1. The summed E-state index contributed by atoms with van der Waals surface area (Å²) in [6.45, 7) is 12.0. The fourth-order valence-corrected chi connectivity index (χ4v) is 10.2. The number of nitrogens with one attached hydrogen (secondary N) is 4. The highest BCUT2D eigenvalue weighted by atomic mass is 35.5. The average Bonchev–Trinajstić information content (AvgIpc) is 3.41. The smallest absolute Gasteiger partial charge is 0.411 e. The highest BCUT2D eigenvalue weighted by Gasteiger charge is 2.42. The number of phenolic OH excluding ortho intramolecular Hbond substituents is 4. The Morgan fingerprint density at radius 3 is 2.08 bits per heavy atom. The van der Waals surface area contributed by atoms with Crippen LogP contribution in [0.2, 0.25) is 5.02 Å². The first-order valence-electron chi connectivity index (χ1n) is 26.1. The fraction of sp³-hybridized carbons (Fsp3) is 0.407. The number of carboxylic acid groups (broad SMARTS) is 1. The Kier molecular flexibility index (Phi) is 22.6. The molecule has 0 bridgehead atoms. The van der Waals surface area contributed by atoms with Crippen molar-refractivity contribution in [2.24, 2.45) is 16.7 Å². The first-order valence-corrected chi connectivity index (χ1v) is 26.4. The number of carbonyl (C=O) groups excluding carboxylic acids is 3. The van der Waals surface area contributed by atoms with Crippen molar-refractivity contribution in [2.45, 2.75) is 118 Å². The van der Waals surface area contributed by atoms with E-state index in [1.54, 1.807) is 36.4 Å². The van der Waals surface area contributed by atoms with Crippen LogP contribution in [-0.2, 0) is 20.9 Å². The standard InChI is InChI=1S/C24H32N2O6.C22H30ClNO3.C13H11NO5/c1-23(2)10-17(26-22(31)16-6-20(29)9-21(30)7-16)11-24(3,13-23)14-25-32-12-15-4-18(27)8-19(28)5-15;1-3-5-7-8-10-16(9-6-4-2)15-27-22(26)19-14-24-20-13-17(23)11-12-18(20)21(19)25;1-19-13(18)14-10-4-2-3-8-7(10)5-6-9(11(8)15)12(16)17/h4-9,17,25,27-30H,10-14H2,1-3H3,(H,26,31);11-14,16H,3-10,15H2,1-2H3,(H,24,25);2-6,15H,1H3,(H,14,18)(H,16,17). The number of aromatic carboxylic acids is 1. The molecule has 19 heteroatoms. The number of carboxylic acids is 1. The van der Waals surface area contributed by atoms with Gasteiger partial charge in [-0.05, 0) is 109 Å². The van der Waals surface area contributed by atoms with E-state index in [9.17, 15) is 49.5 Å². The van der Waals surface area contributed by atoms with E-state index in [4.69, 9.17) is 26.3 Å². The number of carbonyl (C=O) groups is 4. The second-order valence-corrected chi connectivity index (χ2v) is 21.3. The molecule has 1 aliphatic rings. The lowest BCUT2D eigenvalue weighted by Gasteiger charge is -2.46. The molecule has 18 nitrogen and oxygen atoms in total. The van der Waals surface area contributed by atoms with Crippen molar-refractivity contribution in [3.05, 3.63) is 129 Å². The Morgan fingerprint density at radius 1 is 0.769 bits per heavy atom. The van der Waals surface area contributed by atoms with Crippen molar-refractivity contribution in [3.63, 3.8) is 0 Å². The Hall–Kier alpha value is -7.54. The van der Waals surface area contributed by atoms with Crippen LogP contribution >= 0.6 is 11.6 Å². The van der Waals surface area contributed by atoms with Gasteiger partial charge >= 0.3 is 18.0 Å². The van der Waals surface area contributed by atoms with Crippen LogP contribution in [0.25, 0.3) is 21.7 Å². The van der Waals surface area contributed by atoms with Gasteiger partial charge in [-0.3, -0.25) is 19.7 Å². The van der Waals surface area contributed by atoms with E-state index in [-0.39, 0.29) is 80.3 Å². The number of amides is 2. The largest absolute Gasteiger partial charge is 0.508 e. The first-order chi connectivity index (χ1) is 37.0. The average molecular weight is 1100 g/mol. The second-order valence-electron chi connectivity index (χ2n) is 20.9. The number of hydroxylamine groups is 1. The maximum atomic E-state index is 12.7. The number of unbranched alkanes of at least 4 members (excludes halogenated alkanes) is 4. The lowest BCUT2D eigenvalue weighted by atomic mass is 9.62. The van der Waals surface area contributed by atoms with E-state index in [1.165, 1.54) is 81.1 Å². The molecule has 1 saturated carbocycles. The molecule has 1 fully saturated rings. The molecule has 3 unspecified atom stereocenters. The summed E-state index contributed by atoms with van der Waals surface area (Å²) >= 11 is 5.95. The van der Waals surface area contributed by atoms with Crippen LogP contribution in [0.4, 0.5) is 10.5 Å². The molecule has 3 atom stereocenters. The third-order valence-corrected chi connectivity index (χ3v) is 13.6. The predicted octanol–water partition coefficient (Wildman–Crippen LogP) is 12.1. The third-order valence-electron chi connectivity index (χ3n) is 13.4. The molecule has 1 aromatic heterocycles. The molecule has 78 heavy (non-hydrogen) atoms. The van der Waals surface area contributed by atoms with Crippen LogP contribution < -0.4 is 21.5 Å². The summed E-state index contributed by atoms with van der Waals surface area (Å²) in [4.78, 5) is 68.4. The second kappa shape index (κ2) is 28.7. The third kappa shape index (κ3) is 18.3. The number of ether oxygens (including phenoxy) is 2. The number of fused-ring (bicyclic) bond motifs is 2. The van der Waals surface area contributed by atoms with Crippen LogP contribution in [0.15, 0.2) is 95.9 Å². The first kappa shape index (κ1) is 61.3. The molecule has 0 radical (unpaired) electrons. The number of benzene rings is 5. The van der Waals surface area contributed by atoms with Gasteiger partial charge < -0.3 is 50.4 Å². The molecule has 1 heterocycles. The molecule has 7 rings (SSSR count). The Balaban J connectivity index is 0.000000222. The van der Waals surface area contributed by atoms with Crippen LogP contribution in [0, 0.1) is 16.7 Å². The molecular formula is C59H73ClN4O14. The summed E-state index contributed by atoms with van der Waals surface area (Å²) < 4.78 is 10.0. The number of aromatic nitrogens is 1. The quantitative estimate of drug-likeness (QED) is 0.0193. The molecule has 2 amide bonds. The van der Waals surface area contributed by atoms with E-state index in [0.717, 1.165) is 51.4 Å². The van der Waals surface area contributed by atoms with Gasteiger partial charge in [-0.1, -0.05) is 103 Å². The number of esters is 1. The molecule has 1 aliphatic carbocycles. The van der Waals surface area contributed by atoms with Gasteiger partial charge in [0.25, 0.3) is 5.91 Å². The van der Waals surface area contributed by atoms with Crippen molar-refractivity contribution in [1.82, 2.24) is 15.8 Å². The zero-order valence-electron chi connectivity index (χ0n) is 45.0. The van der Waals surface area contributed by atoms with Gasteiger partial charge in [-0.15, -0.1) is 0 Å². The minimum Gasteiger partial charge on any atom is -0.508 e. The molecular weight excluding hydrogens is 1020 g/mol. The molecule has 0 spiro atoms. The number of anilines is 1. The number of pyridine rings is 1. The van der Waals surface area contributed by atoms with Gasteiger partial charge in [0.1, 0.15) is 39.9 Å². The summed E-state index contributed by atoms with van der Waals surface area (Å²) in [6.07, 6.45) is 12.5. The van der Waals surface area contributed by atoms with E-state index in [0.29, 0.717) is 57.0 Å². The number of phenols is 5. The molecule has 10 N–H and O–H groups in total. The molecule has 6 aromatic rings. The zero-order valence-corrected chi connectivity index (χ0v) is 45.8. The topological polar surface area (TPSA) is 286 Å². The monoisotopic (exact) mass is 1100 g/mol. The van der Waals surface area contributed by atoms with Crippen molar-refractivity contribution >= 4 is 62.9 Å². The van der Waals surface area contributed by atoms with Gasteiger partial charge in [0.05, 0.1) is 31.5 Å². The SMILES string of the molecule is CC1(C)CC(NC(=O)c2cc(O)cc(O)c2)CC(C)(CNOCc2cc(O)cc(O)c2)C1.CCCCCCC(CCCC)COC(=O)c1c[nH]c2cc(Cl)ccc2c1=O.COC(=O)Nc1cccc2c(O)c(C(=O)O)ccc12. The number of aromatic hydroxyl groups is 5. The number of methoxy groups -OCH3 is 1. The summed E-state index contributed by atoms with van der Waals surface area (Å²) in [5.74, 6) is -2.45. The van der Waals surface area contributed by atoms with Crippen LogP contribution in [0.1, 0.15) is 142 Å². The maximum absolute atomic E-state index is 12.7. The lowest BCUT2D eigenvalue weighted by molar-refractivity contribution is -0.0190. The summed E-state index contributed by atoms with van der Waals surface area (Å²) in [6, 6.07) is 20.6. The molecule has 0 aliphatic heterocycles. The Morgan fingerprint density at radius 2 is 1.42 bits per heavy atom. The summed E-state index contributed by atoms with van der Waals surface area (Å²) in [5.41, 5.74) is 4.27. The summed E-state index contributed by atoms with van der Waals surface area (Å²) in [5, 5.41) is 64.7. The highest BCUT2D eigenvalue weighted by molar-refractivity contribution is 6.31. The predicted molar refractivity (Wildman–Crippen MR) is 300 cm³/mol. The minimum absolute atomic E-state index is 0.00932. The van der Waals surface area contributed by atoms with Gasteiger partial charge in [0.15, 0.2) is 0 Å². The van der Waals surface area contributed by atoms with Crippen molar-refractivity contribution < 1.29 is 64.1 Å². The Bertz CT molecular complexity index is 3050. The highest BCUT2D eigenvalue weighted by Crippen LogP contribution is 2.46. The van der Waals surface area contributed by atoms with E-state index in [1.807, 2.05) is 0 Å². The van der Waals surface area contributed by atoms with E-state index in [2.05, 4.69) is 60.5 Å². The number of hydrogen-bond acceptors (Lipinski definition) is 14. The molecule has 5 aromatic carbocycles. The molecule has 420 valence electrons. The Labute approximate surface area is 458 Å². The van der Waals surface area contributed by atoms with Crippen molar-refractivity contribution in [1.29, 1.82) is 0 Å². The van der Waals surface area contributed by atoms with Crippen LogP contribution in [-0.4, -0.2) is 85.9 Å². The maximum Gasteiger partial charge on any atom is 0.411 e. The van der Waals surface area contributed by atoms with Crippen LogP contribution in [0.5, 0.6) is 28.7 Å². The number of hydrogen-bond donors (Lipinski definition) is 10. The fourth-order valence-electron chi connectivity index (χ4n) is 10.0. The van der Waals surface area contributed by atoms with Gasteiger partial charge in [0.2, 0.25) is 5.43 Å². The number of H-pyrrole nitrogens is 1. The summed E-state index contributed by atoms with van der Waals surface area (Å²) in [7, 11) is 1.24. The van der Waals surface area contributed by atoms with Crippen LogP contribution in [0.3, 0.4) is 0 Å². The zero-order chi connectivity index (χ0) is 57.2. The number of rotatable bonds is 20. The number of aromatic amines is 1.